The molecule has 1 aromatic rings. The van der Waals surface area contributed by atoms with E-state index in [0.29, 0.717) is 12.2 Å². The molecule has 0 radical (unpaired) electrons. The second-order valence-corrected chi connectivity index (χ2v) is 5.57. The Balaban J connectivity index is 0.00000139. The summed E-state index contributed by atoms with van der Waals surface area (Å²) < 4.78 is 46.0. The largest absolute Gasteiger partial charge is 0.478 e. The van der Waals surface area contributed by atoms with Gasteiger partial charge in [0.2, 0.25) is 5.92 Å². The van der Waals surface area contributed by atoms with Crippen molar-refractivity contribution in [1.29, 1.82) is 0 Å². The minimum atomic E-state index is -2.74. The number of halogens is 3. The summed E-state index contributed by atoms with van der Waals surface area (Å²) in [4.78, 5) is 11.6. The molecule has 1 aromatic carbocycles. The molecule has 136 valence electrons. The van der Waals surface area contributed by atoms with Crippen molar-refractivity contribution in [2.45, 2.75) is 64.9 Å². The Morgan fingerprint density at radius 1 is 1.29 bits per heavy atom. The van der Waals surface area contributed by atoms with Crippen molar-refractivity contribution in [2.75, 3.05) is 6.61 Å². The van der Waals surface area contributed by atoms with E-state index in [4.69, 9.17) is 4.74 Å². The van der Waals surface area contributed by atoms with Gasteiger partial charge in [0, 0.05) is 25.0 Å². The van der Waals surface area contributed by atoms with Crippen LogP contribution in [-0.4, -0.2) is 23.6 Å². The highest BCUT2D eigenvalue weighted by atomic mass is 19.3. The van der Waals surface area contributed by atoms with Crippen LogP contribution in [0.15, 0.2) is 12.1 Å². The fourth-order valence-corrected chi connectivity index (χ4v) is 2.95. The fourth-order valence-electron chi connectivity index (χ4n) is 2.95. The summed E-state index contributed by atoms with van der Waals surface area (Å²) in [7, 11) is 0. The van der Waals surface area contributed by atoms with Crippen molar-refractivity contribution < 1.29 is 27.8 Å². The molecule has 1 aliphatic carbocycles. The molecule has 0 aliphatic heterocycles. The molecule has 6 heteroatoms. The van der Waals surface area contributed by atoms with E-state index in [1.807, 2.05) is 13.8 Å². The lowest BCUT2D eigenvalue weighted by Crippen LogP contribution is -2.25. The van der Waals surface area contributed by atoms with Gasteiger partial charge >= 0.3 is 5.97 Å². The van der Waals surface area contributed by atoms with Gasteiger partial charge in [0.25, 0.3) is 0 Å². The molecule has 0 saturated heterocycles. The Bertz CT molecular complexity index is 549. The van der Waals surface area contributed by atoms with Crippen LogP contribution in [0.3, 0.4) is 0 Å². The Morgan fingerprint density at radius 2 is 1.88 bits per heavy atom. The maximum Gasteiger partial charge on any atom is 0.336 e. The second-order valence-electron chi connectivity index (χ2n) is 5.57. The summed E-state index contributed by atoms with van der Waals surface area (Å²) in [5.41, 5.74) is 0.284. The zero-order valence-corrected chi connectivity index (χ0v) is 14.4. The molecule has 1 fully saturated rings. The van der Waals surface area contributed by atoms with Gasteiger partial charge in [0.1, 0.15) is 5.82 Å². The fraction of sp³-hybridized carbons (Fsp3) is 0.611. The Hall–Kier alpha value is -1.56. The molecule has 1 N–H and O–H groups in total. The average Bonchev–Trinajstić information content (AvgIpc) is 2.55. The first-order valence-electron chi connectivity index (χ1n) is 8.36. The zero-order chi connectivity index (χ0) is 18.3. The van der Waals surface area contributed by atoms with Crippen LogP contribution in [0.4, 0.5) is 13.2 Å². The maximum absolute atomic E-state index is 14.2. The monoisotopic (exact) mass is 346 g/mol. The quantitative estimate of drug-likeness (QED) is 0.778. The number of carboxylic acids is 1. The highest BCUT2D eigenvalue weighted by Crippen LogP contribution is 2.43. The van der Waals surface area contributed by atoms with E-state index in [2.05, 4.69) is 0 Å². The minimum absolute atomic E-state index is 0.0419. The summed E-state index contributed by atoms with van der Waals surface area (Å²) in [6.07, 6.45) is -0.512. The molecule has 24 heavy (non-hydrogen) atoms. The van der Waals surface area contributed by atoms with E-state index >= 15 is 0 Å². The minimum Gasteiger partial charge on any atom is -0.478 e. The first-order valence-corrected chi connectivity index (χ1v) is 8.36. The summed E-state index contributed by atoms with van der Waals surface area (Å²) >= 11 is 0. The lowest BCUT2D eigenvalue weighted by Gasteiger charge is -2.30. The normalized spacial score (nSPS) is 17.1. The second kappa shape index (κ2) is 9.06. The third-order valence-electron chi connectivity index (χ3n) is 4.08. The Labute approximate surface area is 140 Å². The topological polar surface area (TPSA) is 46.5 Å². The number of ether oxygens (including phenoxy) is 1. The van der Waals surface area contributed by atoms with E-state index < -0.39 is 23.6 Å². The van der Waals surface area contributed by atoms with E-state index in [1.165, 1.54) is 12.1 Å². The SMILES string of the molecule is CC.CCOCc1ccc(F)c(C2CCC(F)(F)CC2)c1C(=O)O. The summed E-state index contributed by atoms with van der Waals surface area (Å²) in [6, 6.07) is 2.58. The predicted octanol–water partition coefficient (Wildman–Crippen LogP) is 5.38. The molecule has 1 saturated carbocycles. The van der Waals surface area contributed by atoms with Gasteiger partial charge in [-0.3, -0.25) is 0 Å². The number of benzene rings is 1. The van der Waals surface area contributed by atoms with E-state index in [9.17, 15) is 23.1 Å². The highest BCUT2D eigenvalue weighted by molar-refractivity contribution is 5.91. The number of hydrogen-bond donors (Lipinski definition) is 1. The van der Waals surface area contributed by atoms with Crippen LogP contribution < -0.4 is 0 Å². The lowest BCUT2D eigenvalue weighted by molar-refractivity contribution is -0.0384. The molecule has 0 atom stereocenters. The standard InChI is InChI=1S/C16H19F3O3.C2H6/c1-2-22-9-11-3-4-12(17)13(14(11)15(20)21)10-5-7-16(18,19)8-6-10;1-2/h3-4,10H,2,5-9H2,1H3,(H,20,21);1-2H3. The van der Waals surface area contributed by atoms with E-state index in [1.54, 1.807) is 6.92 Å². The van der Waals surface area contributed by atoms with Crippen molar-refractivity contribution in [1.82, 2.24) is 0 Å². The lowest BCUT2D eigenvalue weighted by atomic mass is 9.79. The van der Waals surface area contributed by atoms with Crippen LogP contribution in [0.5, 0.6) is 0 Å². The van der Waals surface area contributed by atoms with Crippen molar-refractivity contribution in [3.63, 3.8) is 0 Å². The number of rotatable bonds is 5. The predicted molar refractivity (Wildman–Crippen MR) is 86.2 cm³/mol. The Morgan fingerprint density at radius 3 is 2.38 bits per heavy atom. The zero-order valence-electron chi connectivity index (χ0n) is 14.4. The molecule has 2 rings (SSSR count). The number of aromatic carboxylic acids is 1. The molecule has 0 bridgehead atoms. The van der Waals surface area contributed by atoms with Crippen molar-refractivity contribution in [3.8, 4) is 0 Å². The maximum atomic E-state index is 14.2. The molecular formula is C18H25F3O3. The highest BCUT2D eigenvalue weighted by Gasteiger charge is 2.37. The molecular weight excluding hydrogens is 321 g/mol. The molecule has 0 spiro atoms. The number of hydrogen-bond acceptors (Lipinski definition) is 2. The smallest absolute Gasteiger partial charge is 0.336 e. The van der Waals surface area contributed by atoms with Crippen LogP contribution in [0.1, 0.15) is 73.9 Å². The molecule has 0 amide bonds. The van der Waals surface area contributed by atoms with Gasteiger partial charge in [-0.05, 0) is 37.3 Å². The number of carbonyl (C=O) groups is 1. The van der Waals surface area contributed by atoms with E-state index in [-0.39, 0.29) is 43.4 Å². The van der Waals surface area contributed by atoms with Gasteiger partial charge in [0.05, 0.1) is 12.2 Å². The van der Waals surface area contributed by atoms with Crippen molar-refractivity contribution in [2.24, 2.45) is 0 Å². The first-order chi connectivity index (χ1) is 11.4. The van der Waals surface area contributed by atoms with Crippen LogP contribution in [-0.2, 0) is 11.3 Å². The molecule has 1 aliphatic rings. The molecule has 0 aromatic heterocycles. The molecule has 3 nitrogen and oxygen atoms in total. The summed E-state index contributed by atoms with van der Waals surface area (Å²) in [6.45, 7) is 6.24. The summed E-state index contributed by atoms with van der Waals surface area (Å²) in [5, 5.41) is 9.43. The van der Waals surface area contributed by atoms with Crippen LogP contribution in [0.2, 0.25) is 0 Å². The number of carboxylic acid groups (broad SMARTS) is 1. The van der Waals surface area contributed by atoms with Crippen LogP contribution >= 0.6 is 0 Å². The molecule has 0 heterocycles. The average molecular weight is 346 g/mol. The van der Waals surface area contributed by atoms with Gasteiger partial charge in [-0.1, -0.05) is 19.9 Å². The van der Waals surface area contributed by atoms with Crippen LogP contribution in [0, 0.1) is 5.82 Å². The first kappa shape index (κ1) is 20.5. The van der Waals surface area contributed by atoms with E-state index in [0.717, 1.165) is 0 Å². The van der Waals surface area contributed by atoms with Crippen molar-refractivity contribution in [3.05, 3.63) is 34.6 Å². The van der Waals surface area contributed by atoms with Crippen molar-refractivity contribution >= 4 is 5.97 Å². The Kier molecular flexibility index (Phi) is 7.73. The summed E-state index contributed by atoms with van der Waals surface area (Å²) in [5.74, 6) is -5.12. The van der Waals surface area contributed by atoms with Gasteiger partial charge < -0.3 is 9.84 Å². The van der Waals surface area contributed by atoms with Crippen LogP contribution in [0.25, 0.3) is 0 Å². The third-order valence-corrected chi connectivity index (χ3v) is 4.08. The van der Waals surface area contributed by atoms with Gasteiger partial charge in [-0.2, -0.15) is 0 Å². The molecule has 0 unspecified atom stereocenters. The number of alkyl halides is 2. The van der Waals surface area contributed by atoms with Gasteiger partial charge in [0.15, 0.2) is 0 Å². The van der Waals surface area contributed by atoms with Gasteiger partial charge in [-0.25, -0.2) is 18.0 Å². The third kappa shape index (κ3) is 4.97. The van der Waals surface area contributed by atoms with Gasteiger partial charge in [-0.15, -0.1) is 0 Å².